The lowest BCUT2D eigenvalue weighted by molar-refractivity contribution is 0.405. The molecular formula is C14H21N3. The van der Waals surface area contributed by atoms with E-state index in [4.69, 9.17) is 0 Å². The van der Waals surface area contributed by atoms with Crippen molar-refractivity contribution in [1.29, 1.82) is 0 Å². The van der Waals surface area contributed by atoms with E-state index in [0.717, 1.165) is 36.9 Å². The van der Waals surface area contributed by atoms with Crippen molar-refractivity contribution in [1.82, 2.24) is 10.3 Å². The first-order valence-electron chi connectivity index (χ1n) is 6.75. The number of hydrogen-bond donors (Lipinski definition) is 1. The number of nitrogens with one attached hydrogen (secondary N) is 1. The normalized spacial score (nSPS) is 29.4. The monoisotopic (exact) mass is 231 g/mol. The second kappa shape index (κ2) is 4.65. The Hall–Kier alpha value is -1.09. The fourth-order valence-electron chi connectivity index (χ4n) is 2.67. The predicted molar refractivity (Wildman–Crippen MR) is 70.2 cm³/mol. The molecule has 17 heavy (non-hydrogen) atoms. The van der Waals surface area contributed by atoms with E-state index in [0.29, 0.717) is 0 Å². The maximum Gasteiger partial charge on any atom is 0.128 e. The Bertz CT molecular complexity index is 357. The highest BCUT2D eigenvalue weighted by molar-refractivity contribution is 5.38. The van der Waals surface area contributed by atoms with Gasteiger partial charge in [-0.25, -0.2) is 4.98 Å². The highest BCUT2D eigenvalue weighted by atomic mass is 15.2. The van der Waals surface area contributed by atoms with Crippen molar-refractivity contribution in [2.45, 2.75) is 38.3 Å². The van der Waals surface area contributed by atoms with Gasteiger partial charge in [-0.1, -0.05) is 13.0 Å². The highest BCUT2D eigenvalue weighted by Crippen LogP contribution is 2.30. The molecule has 0 unspecified atom stereocenters. The second-order valence-electron chi connectivity index (χ2n) is 5.44. The lowest BCUT2D eigenvalue weighted by Crippen LogP contribution is -2.43. The smallest absolute Gasteiger partial charge is 0.128 e. The van der Waals surface area contributed by atoms with Crippen LogP contribution in [0.25, 0.3) is 0 Å². The molecule has 2 aliphatic rings. The summed E-state index contributed by atoms with van der Waals surface area (Å²) >= 11 is 0. The number of anilines is 1. The summed E-state index contributed by atoms with van der Waals surface area (Å²) in [6, 6.07) is 7.69. The van der Waals surface area contributed by atoms with Crippen LogP contribution in [0.15, 0.2) is 24.4 Å². The van der Waals surface area contributed by atoms with Crippen LogP contribution in [0.1, 0.15) is 26.2 Å². The van der Waals surface area contributed by atoms with Crippen molar-refractivity contribution in [2.24, 2.45) is 5.92 Å². The lowest BCUT2D eigenvalue weighted by Gasteiger charge is -2.33. The third kappa shape index (κ3) is 2.60. The Morgan fingerprint density at radius 1 is 1.29 bits per heavy atom. The largest absolute Gasteiger partial charge is 0.357 e. The zero-order valence-electron chi connectivity index (χ0n) is 10.5. The topological polar surface area (TPSA) is 28.2 Å². The molecule has 2 heterocycles. The fourth-order valence-corrected chi connectivity index (χ4v) is 2.67. The van der Waals surface area contributed by atoms with Crippen LogP contribution in [-0.2, 0) is 0 Å². The molecule has 3 nitrogen and oxygen atoms in total. The summed E-state index contributed by atoms with van der Waals surface area (Å²) in [6.07, 6.45) is 5.76. The molecule has 1 aromatic heterocycles. The molecule has 1 aromatic rings. The van der Waals surface area contributed by atoms with Crippen LogP contribution < -0.4 is 10.2 Å². The van der Waals surface area contributed by atoms with E-state index in [2.05, 4.69) is 34.3 Å². The van der Waals surface area contributed by atoms with Crippen molar-refractivity contribution in [3.05, 3.63) is 24.4 Å². The summed E-state index contributed by atoms with van der Waals surface area (Å²) in [4.78, 5) is 6.82. The molecule has 2 atom stereocenters. The maximum absolute atomic E-state index is 4.42. The average molecular weight is 231 g/mol. The van der Waals surface area contributed by atoms with Gasteiger partial charge < -0.3 is 10.2 Å². The van der Waals surface area contributed by atoms with Gasteiger partial charge in [0, 0.05) is 31.4 Å². The summed E-state index contributed by atoms with van der Waals surface area (Å²) in [7, 11) is 0. The minimum absolute atomic E-state index is 0.727. The number of aromatic nitrogens is 1. The van der Waals surface area contributed by atoms with Crippen LogP contribution in [0.4, 0.5) is 5.82 Å². The van der Waals surface area contributed by atoms with Crippen LogP contribution in [0, 0.1) is 5.92 Å². The minimum atomic E-state index is 0.727. The van der Waals surface area contributed by atoms with Crippen LogP contribution in [0.5, 0.6) is 0 Å². The fraction of sp³-hybridized carbons (Fsp3) is 0.643. The molecule has 0 aromatic carbocycles. The number of piperidine rings is 1. The molecule has 0 bridgehead atoms. The Morgan fingerprint density at radius 3 is 2.65 bits per heavy atom. The van der Waals surface area contributed by atoms with Gasteiger partial charge in [-0.3, -0.25) is 0 Å². The van der Waals surface area contributed by atoms with Gasteiger partial charge in [0.2, 0.25) is 0 Å². The van der Waals surface area contributed by atoms with Crippen molar-refractivity contribution in [3.8, 4) is 0 Å². The van der Waals surface area contributed by atoms with Crippen LogP contribution in [0.2, 0.25) is 0 Å². The highest BCUT2D eigenvalue weighted by Gasteiger charge is 2.34. The Balaban J connectivity index is 1.50. The molecule has 3 rings (SSSR count). The van der Waals surface area contributed by atoms with Crippen LogP contribution in [0.3, 0.4) is 0 Å². The Labute approximate surface area is 103 Å². The van der Waals surface area contributed by atoms with E-state index in [1.54, 1.807) is 0 Å². The summed E-state index contributed by atoms with van der Waals surface area (Å²) in [5.41, 5.74) is 0. The standard InChI is InChI=1S/C14H21N3/c1-11-10-13(11)16-12-5-8-17(9-6-12)14-4-2-3-7-15-14/h2-4,7,11-13,16H,5-6,8-10H2,1H3/t11-,13-/m0/s1. The van der Waals surface area contributed by atoms with Gasteiger partial charge in [0.1, 0.15) is 5.82 Å². The van der Waals surface area contributed by atoms with Crippen molar-refractivity contribution in [2.75, 3.05) is 18.0 Å². The van der Waals surface area contributed by atoms with Crippen molar-refractivity contribution in [3.63, 3.8) is 0 Å². The van der Waals surface area contributed by atoms with Gasteiger partial charge in [0.15, 0.2) is 0 Å². The number of rotatable bonds is 3. The minimum Gasteiger partial charge on any atom is -0.357 e. The van der Waals surface area contributed by atoms with Crippen LogP contribution >= 0.6 is 0 Å². The maximum atomic E-state index is 4.42. The van der Waals surface area contributed by atoms with E-state index < -0.39 is 0 Å². The third-order valence-corrected chi connectivity index (χ3v) is 4.03. The molecule has 1 saturated carbocycles. The zero-order valence-corrected chi connectivity index (χ0v) is 10.5. The number of pyridine rings is 1. The molecular weight excluding hydrogens is 210 g/mol. The third-order valence-electron chi connectivity index (χ3n) is 4.03. The van der Waals surface area contributed by atoms with Gasteiger partial charge in [-0.15, -0.1) is 0 Å². The van der Waals surface area contributed by atoms with E-state index in [-0.39, 0.29) is 0 Å². The first kappa shape index (κ1) is 11.0. The first-order valence-corrected chi connectivity index (χ1v) is 6.75. The molecule has 2 fully saturated rings. The molecule has 0 spiro atoms. The summed E-state index contributed by atoms with van der Waals surface area (Å²) < 4.78 is 0. The van der Waals surface area contributed by atoms with E-state index >= 15 is 0 Å². The van der Waals surface area contributed by atoms with E-state index in [9.17, 15) is 0 Å². The van der Waals surface area contributed by atoms with Crippen molar-refractivity contribution < 1.29 is 0 Å². The Kier molecular flexibility index (Phi) is 3.02. The predicted octanol–water partition coefficient (Wildman–Crippen LogP) is 2.05. The van der Waals surface area contributed by atoms with Gasteiger partial charge >= 0.3 is 0 Å². The van der Waals surface area contributed by atoms with Gasteiger partial charge in [-0.2, -0.15) is 0 Å². The molecule has 0 amide bonds. The molecule has 92 valence electrons. The van der Waals surface area contributed by atoms with E-state index in [1.807, 2.05) is 12.3 Å². The molecule has 1 aliphatic heterocycles. The number of nitrogens with zero attached hydrogens (tertiary/aromatic N) is 2. The first-order chi connectivity index (χ1) is 8.33. The molecule has 1 aliphatic carbocycles. The molecule has 0 radical (unpaired) electrons. The SMILES string of the molecule is C[C@H]1C[C@@H]1NC1CCN(c2ccccn2)CC1. The Morgan fingerprint density at radius 2 is 2.06 bits per heavy atom. The quantitative estimate of drug-likeness (QED) is 0.863. The molecule has 1 N–H and O–H groups in total. The van der Waals surface area contributed by atoms with Gasteiger partial charge in [0.25, 0.3) is 0 Å². The van der Waals surface area contributed by atoms with E-state index in [1.165, 1.54) is 19.3 Å². The van der Waals surface area contributed by atoms with Crippen molar-refractivity contribution >= 4 is 5.82 Å². The second-order valence-corrected chi connectivity index (χ2v) is 5.44. The molecule has 1 saturated heterocycles. The summed E-state index contributed by atoms with van der Waals surface area (Å²) in [5.74, 6) is 2.04. The van der Waals surface area contributed by atoms with Gasteiger partial charge in [0.05, 0.1) is 0 Å². The average Bonchev–Trinajstić information content (AvgIpc) is 3.07. The van der Waals surface area contributed by atoms with Gasteiger partial charge in [-0.05, 0) is 37.3 Å². The summed E-state index contributed by atoms with van der Waals surface area (Å²) in [5, 5.41) is 3.77. The van der Waals surface area contributed by atoms with Crippen LogP contribution in [-0.4, -0.2) is 30.2 Å². The number of hydrogen-bond acceptors (Lipinski definition) is 3. The molecule has 3 heteroatoms. The lowest BCUT2D eigenvalue weighted by atomic mass is 10.0. The zero-order chi connectivity index (χ0) is 11.7. The summed E-state index contributed by atoms with van der Waals surface area (Å²) in [6.45, 7) is 4.60.